The minimum absolute atomic E-state index is 0.121. The van der Waals surface area contributed by atoms with Crippen LogP contribution in [0.25, 0.3) is 0 Å². The highest BCUT2D eigenvalue weighted by Gasteiger charge is 2.42. The number of nitrogens with one attached hydrogen (secondary N) is 1. The topological polar surface area (TPSA) is 69.6 Å². The zero-order valence-electron chi connectivity index (χ0n) is 11.2. The van der Waals surface area contributed by atoms with Crippen molar-refractivity contribution in [2.75, 3.05) is 20.2 Å². The van der Waals surface area contributed by atoms with Crippen molar-refractivity contribution in [1.29, 1.82) is 0 Å². The van der Waals surface area contributed by atoms with Crippen LogP contribution in [0.5, 0.6) is 0 Å². The zero-order valence-corrected chi connectivity index (χ0v) is 11.2. The number of benzene rings is 1. The Morgan fingerprint density at radius 2 is 2.10 bits per heavy atom. The summed E-state index contributed by atoms with van der Waals surface area (Å²) in [5, 5.41) is 11.3. The fourth-order valence-corrected chi connectivity index (χ4v) is 2.53. The molecular formula is C14H17FN2O3. The van der Waals surface area contributed by atoms with Crippen LogP contribution in [-0.4, -0.2) is 42.0 Å². The van der Waals surface area contributed by atoms with Crippen molar-refractivity contribution in [1.82, 2.24) is 10.2 Å². The number of aliphatic hydroxyl groups is 1. The number of hydrogen-bond donors (Lipinski definition) is 2. The maximum Gasteiger partial charge on any atom is 0.226 e. The van der Waals surface area contributed by atoms with Gasteiger partial charge in [-0.05, 0) is 17.7 Å². The van der Waals surface area contributed by atoms with Gasteiger partial charge >= 0.3 is 0 Å². The van der Waals surface area contributed by atoms with Gasteiger partial charge in [-0.3, -0.25) is 9.59 Å². The van der Waals surface area contributed by atoms with E-state index in [0.717, 1.165) is 5.56 Å². The van der Waals surface area contributed by atoms with Gasteiger partial charge in [-0.2, -0.15) is 0 Å². The summed E-state index contributed by atoms with van der Waals surface area (Å²) in [5.41, 5.74) is 0.726. The molecule has 0 radical (unpaired) electrons. The van der Waals surface area contributed by atoms with Crippen LogP contribution in [-0.2, 0) is 9.59 Å². The van der Waals surface area contributed by atoms with Crippen LogP contribution in [0.1, 0.15) is 18.0 Å². The molecular weight excluding hydrogens is 263 g/mol. The van der Waals surface area contributed by atoms with Gasteiger partial charge in [-0.1, -0.05) is 12.1 Å². The highest BCUT2D eigenvalue weighted by molar-refractivity contribution is 5.90. The van der Waals surface area contributed by atoms with Crippen molar-refractivity contribution in [3.63, 3.8) is 0 Å². The molecule has 1 saturated heterocycles. The predicted octanol–water partition coefficient (Wildman–Crippen LogP) is 0.454. The van der Waals surface area contributed by atoms with E-state index in [1.54, 1.807) is 19.2 Å². The van der Waals surface area contributed by atoms with Crippen LogP contribution >= 0.6 is 0 Å². The van der Waals surface area contributed by atoms with Gasteiger partial charge in [-0.15, -0.1) is 0 Å². The molecule has 0 saturated carbocycles. The Hall–Kier alpha value is -1.95. The van der Waals surface area contributed by atoms with Crippen molar-refractivity contribution < 1.29 is 19.1 Å². The van der Waals surface area contributed by atoms with Gasteiger partial charge in [0.15, 0.2) is 0 Å². The Morgan fingerprint density at radius 3 is 2.70 bits per heavy atom. The van der Waals surface area contributed by atoms with Crippen LogP contribution in [0.4, 0.5) is 4.39 Å². The van der Waals surface area contributed by atoms with Crippen LogP contribution in [0.3, 0.4) is 0 Å². The lowest BCUT2D eigenvalue weighted by Gasteiger charge is -2.24. The van der Waals surface area contributed by atoms with E-state index in [1.807, 2.05) is 0 Å². The average molecular weight is 280 g/mol. The summed E-state index contributed by atoms with van der Waals surface area (Å²) in [4.78, 5) is 25.4. The lowest BCUT2D eigenvalue weighted by Crippen LogP contribution is -2.35. The van der Waals surface area contributed by atoms with E-state index >= 15 is 0 Å². The first kappa shape index (κ1) is 14.5. The van der Waals surface area contributed by atoms with E-state index in [1.165, 1.54) is 17.0 Å². The third-order valence-corrected chi connectivity index (χ3v) is 3.55. The van der Waals surface area contributed by atoms with E-state index in [2.05, 4.69) is 5.32 Å². The summed E-state index contributed by atoms with van der Waals surface area (Å²) < 4.78 is 13.0. The number of halogens is 1. The maximum atomic E-state index is 13.0. The Bertz CT molecular complexity index is 504. The van der Waals surface area contributed by atoms with Gasteiger partial charge in [-0.25, -0.2) is 4.39 Å². The summed E-state index contributed by atoms with van der Waals surface area (Å²) in [7, 11) is 1.63. The molecule has 0 aliphatic carbocycles. The zero-order chi connectivity index (χ0) is 14.7. The first-order valence-corrected chi connectivity index (χ1v) is 6.44. The van der Waals surface area contributed by atoms with E-state index < -0.39 is 12.0 Å². The van der Waals surface area contributed by atoms with Crippen molar-refractivity contribution in [3.05, 3.63) is 35.6 Å². The van der Waals surface area contributed by atoms with Gasteiger partial charge in [0.25, 0.3) is 0 Å². The summed E-state index contributed by atoms with van der Waals surface area (Å²) in [5.74, 6) is -1.28. The molecule has 2 amide bonds. The number of carbonyl (C=O) groups excluding carboxylic acids is 2. The second-order valence-electron chi connectivity index (χ2n) is 4.83. The number of rotatable bonds is 4. The molecule has 1 fully saturated rings. The third-order valence-electron chi connectivity index (χ3n) is 3.55. The van der Waals surface area contributed by atoms with E-state index in [0.29, 0.717) is 0 Å². The molecule has 0 aromatic heterocycles. The van der Waals surface area contributed by atoms with Crippen molar-refractivity contribution in [2.24, 2.45) is 5.92 Å². The minimum atomic E-state index is -0.524. The van der Waals surface area contributed by atoms with Crippen molar-refractivity contribution >= 4 is 11.8 Å². The smallest absolute Gasteiger partial charge is 0.226 e. The van der Waals surface area contributed by atoms with Gasteiger partial charge < -0.3 is 15.3 Å². The van der Waals surface area contributed by atoms with Gasteiger partial charge in [0.2, 0.25) is 11.8 Å². The fraction of sp³-hybridized carbons (Fsp3) is 0.429. The number of nitrogens with zero attached hydrogens (tertiary/aromatic N) is 1. The Balaban J connectivity index is 2.24. The third kappa shape index (κ3) is 2.80. The molecule has 2 rings (SSSR count). The SMILES string of the molecule is CN1C(=O)C[C@H](C(=O)NCCO)[C@H]1c1ccc(F)cc1. The van der Waals surface area contributed by atoms with E-state index in [4.69, 9.17) is 5.11 Å². The van der Waals surface area contributed by atoms with Crippen LogP contribution in [0.15, 0.2) is 24.3 Å². The molecule has 1 aromatic rings. The molecule has 1 heterocycles. The molecule has 108 valence electrons. The van der Waals surface area contributed by atoms with Gasteiger partial charge in [0, 0.05) is 20.0 Å². The molecule has 0 unspecified atom stereocenters. The molecule has 1 aliphatic rings. The monoisotopic (exact) mass is 280 g/mol. The number of hydrogen-bond acceptors (Lipinski definition) is 3. The molecule has 2 atom stereocenters. The molecule has 0 spiro atoms. The van der Waals surface area contributed by atoms with Gasteiger partial charge in [0.1, 0.15) is 5.82 Å². The Morgan fingerprint density at radius 1 is 1.45 bits per heavy atom. The van der Waals surface area contributed by atoms with Crippen LogP contribution in [0, 0.1) is 11.7 Å². The van der Waals surface area contributed by atoms with E-state index in [-0.39, 0.29) is 37.2 Å². The predicted molar refractivity (Wildman–Crippen MR) is 70.1 cm³/mol. The minimum Gasteiger partial charge on any atom is -0.395 e. The number of likely N-dealkylation sites (tertiary alicyclic amines) is 1. The molecule has 1 aliphatic heterocycles. The number of amides is 2. The second-order valence-corrected chi connectivity index (χ2v) is 4.83. The van der Waals surface area contributed by atoms with E-state index in [9.17, 15) is 14.0 Å². The average Bonchev–Trinajstić information content (AvgIpc) is 2.73. The summed E-state index contributed by atoms with van der Waals surface area (Å²) in [6, 6.07) is 5.40. The quantitative estimate of drug-likeness (QED) is 0.841. The fourth-order valence-electron chi connectivity index (χ4n) is 2.53. The normalized spacial score (nSPS) is 22.1. The molecule has 2 N–H and O–H groups in total. The van der Waals surface area contributed by atoms with Crippen LogP contribution < -0.4 is 5.32 Å². The molecule has 6 heteroatoms. The van der Waals surface area contributed by atoms with Crippen molar-refractivity contribution in [3.8, 4) is 0 Å². The first-order valence-electron chi connectivity index (χ1n) is 6.44. The summed E-state index contributed by atoms with van der Waals surface area (Å²) in [6.45, 7) is 0.00678. The highest BCUT2D eigenvalue weighted by Crippen LogP contribution is 2.37. The van der Waals surface area contributed by atoms with Crippen molar-refractivity contribution in [2.45, 2.75) is 12.5 Å². The second kappa shape index (κ2) is 6.00. The number of carbonyl (C=O) groups is 2. The Labute approximate surface area is 116 Å². The summed E-state index contributed by atoms with van der Waals surface area (Å²) >= 11 is 0. The Kier molecular flexibility index (Phi) is 4.34. The first-order chi connectivity index (χ1) is 9.54. The summed E-state index contributed by atoms with van der Waals surface area (Å²) in [6.07, 6.45) is 0.121. The molecule has 1 aromatic carbocycles. The lowest BCUT2D eigenvalue weighted by molar-refractivity contribution is -0.128. The molecule has 5 nitrogen and oxygen atoms in total. The standard InChI is InChI=1S/C14H17FN2O3/c1-17-12(19)8-11(14(20)16-6-7-18)13(17)9-2-4-10(15)5-3-9/h2-5,11,13,18H,6-8H2,1H3,(H,16,20)/t11-,13+/m0/s1. The highest BCUT2D eigenvalue weighted by atomic mass is 19.1. The number of aliphatic hydroxyl groups excluding tert-OH is 1. The molecule has 0 bridgehead atoms. The largest absolute Gasteiger partial charge is 0.395 e. The maximum absolute atomic E-state index is 13.0. The van der Waals surface area contributed by atoms with Gasteiger partial charge in [0.05, 0.1) is 18.6 Å². The molecule has 20 heavy (non-hydrogen) atoms. The van der Waals surface area contributed by atoms with Crippen LogP contribution in [0.2, 0.25) is 0 Å². The lowest BCUT2D eigenvalue weighted by atomic mass is 9.93.